The average Bonchev–Trinajstić information content (AvgIpc) is 2.72. The summed E-state index contributed by atoms with van der Waals surface area (Å²) in [5, 5.41) is 3.42. The molecule has 0 saturated heterocycles. The van der Waals surface area contributed by atoms with Gasteiger partial charge in [-0.2, -0.15) is 0 Å². The van der Waals surface area contributed by atoms with Crippen molar-refractivity contribution in [2.75, 3.05) is 0 Å². The van der Waals surface area contributed by atoms with Gasteiger partial charge < -0.3 is 5.32 Å². The van der Waals surface area contributed by atoms with E-state index >= 15 is 0 Å². The van der Waals surface area contributed by atoms with E-state index in [4.69, 9.17) is 0 Å². The third kappa shape index (κ3) is 2.48. The summed E-state index contributed by atoms with van der Waals surface area (Å²) in [6, 6.07) is 7.27. The lowest BCUT2D eigenvalue weighted by atomic mass is 10.1. The van der Waals surface area contributed by atoms with Crippen LogP contribution in [-0.4, -0.2) is 6.04 Å². The van der Waals surface area contributed by atoms with Crippen LogP contribution in [0.1, 0.15) is 30.0 Å². The summed E-state index contributed by atoms with van der Waals surface area (Å²) >= 11 is 0. The molecule has 1 atom stereocenters. The highest BCUT2D eigenvalue weighted by atomic mass is 14.9. The summed E-state index contributed by atoms with van der Waals surface area (Å²) in [6.45, 7) is 6.84. The monoisotopic (exact) mass is 201 g/mol. The number of hydrogen-bond donors (Lipinski definition) is 1. The van der Waals surface area contributed by atoms with E-state index < -0.39 is 0 Å². The van der Waals surface area contributed by atoms with Gasteiger partial charge in [0.1, 0.15) is 0 Å². The fourth-order valence-electron chi connectivity index (χ4n) is 2.10. The Morgan fingerprint density at radius 3 is 3.00 bits per heavy atom. The predicted molar refractivity (Wildman–Crippen MR) is 65.0 cm³/mol. The molecule has 0 aliphatic heterocycles. The summed E-state index contributed by atoms with van der Waals surface area (Å²) in [7, 11) is 0. The Kier molecular flexibility index (Phi) is 3.22. The van der Waals surface area contributed by atoms with Crippen LogP contribution in [0.25, 0.3) is 0 Å². The number of nitrogens with one attached hydrogen (secondary N) is 1. The van der Waals surface area contributed by atoms with E-state index in [1.165, 1.54) is 24.8 Å². The molecule has 1 heteroatoms. The van der Waals surface area contributed by atoms with Gasteiger partial charge in [-0.15, -0.1) is 6.58 Å². The van der Waals surface area contributed by atoms with Crippen LogP contribution in [0, 0.1) is 0 Å². The molecule has 2 rings (SSSR count). The molecule has 0 aromatic heterocycles. The van der Waals surface area contributed by atoms with Crippen molar-refractivity contribution in [2.45, 2.75) is 38.8 Å². The van der Waals surface area contributed by atoms with Gasteiger partial charge in [0.15, 0.2) is 0 Å². The van der Waals surface area contributed by atoms with E-state index in [-0.39, 0.29) is 0 Å². The second-order valence-corrected chi connectivity index (χ2v) is 4.36. The molecular weight excluding hydrogens is 182 g/mol. The van der Waals surface area contributed by atoms with Crippen LogP contribution in [0.4, 0.5) is 0 Å². The first-order chi connectivity index (χ1) is 7.29. The van der Waals surface area contributed by atoms with Crippen LogP contribution in [0.15, 0.2) is 30.9 Å². The van der Waals surface area contributed by atoms with Gasteiger partial charge in [0, 0.05) is 12.6 Å². The van der Waals surface area contributed by atoms with Crippen LogP contribution in [-0.2, 0) is 19.4 Å². The number of fused-ring (bicyclic) bond motifs is 1. The summed E-state index contributed by atoms with van der Waals surface area (Å²) < 4.78 is 0. The highest BCUT2D eigenvalue weighted by Crippen LogP contribution is 2.22. The van der Waals surface area contributed by atoms with Crippen molar-refractivity contribution in [3.05, 3.63) is 47.5 Å². The minimum atomic E-state index is 0.387. The molecule has 1 unspecified atom stereocenters. The molecule has 1 N–H and O–H groups in total. The standard InChI is InChI=1S/C14H19N/c1-3-11(2)15-10-12-7-8-13-5-4-6-14(13)9-12/h3,7-9,11,15H,1,4-6,10H2,2H3. The normalized spacial score (nSPS) is 16.1. The Labute approximate surface area is 92.2 Å². The largest absolute Gasteiger partial charge is 0.307 e. The quantitative estimate of drug-likeness (QED) is 0.739. The highest BCUT2D eigenvalue weighted by molar-refractivity contribution is 5.35. The number of hydrogen-bond acceptors (Lipinski definition) is 1. The van der Waals surface area contributed by atoms with Gasteiger partial charge in [-0.25, -0.2) is 0 Å². The molecule has 80 valence electrons. The van der Waals surface area contributed by atoms with Gasteiger partial charge in [-0.3, -0.25) is 0 Å². The molecular formula is C14H19N. The molecule has 15 heavy (non-hydrogen) atoms. The van der Waals surface area contributed by atoms with E-state index in [0.29, 0.717) is 6.04 Å². The minimum Gasteiger partial charge on any atom is -0.307 e. The summed E-state index contributed by atoms with van der Waals surface area (Å²) in [4.78, 5) is 0. The second-order valence-electron chi connectivity index (χ2n) is 4.36. The van der Waals surface area contributed by atoms with E-state index in [9.17, 15) is 0 Å². The molecule has 0 amide bonds. The fourth-order valence-corrected chi connectivity index (χ4v) is 2.10. The maximum Gasteiger partial charge on any atom is 0.0222 e. The zero-order valence-corrected chi connectivity index (χ0v) is 9.42. The van der Waals surface area contributed by atoms with Crippen LogP contribution >= 0.6 is 0 Å². The Hall–Kier alpha value is -1.08. The van der Waals surface area contributed by atoms with Gasteiger partial charge in [0.25, 0.3) is 0 Å². The lowest BCUT2D eigenvalue weighted by molar-refractivity contribution is 0.634. The molecule has 1 aliphatic rings. The molecule has 0 bridgehead atoms. The zero-order chi connectivity index (χ0) is 10.7. The van der Waals surface area contributed by atoms with E-state index in [2.05, 4.69) is 37.0 Å². The summed E-state index contributed by atoms with van der Waals surface area (Å²) in [5.74, 6) is 0. The molecule has 0 saturated carbocycles. The third-order valence-electron chi connectivity index (χ3n) is 3.14. The number of aryl methyl sites for hydroxylation is 2. The van der Waals surface area contributed by atoms with Crippen molar-refractivity contribution in [3.8, 4) is 0 Å². The smallest absolute Gasteiger partial charge is 0.0222 e. The Morgan fingerprint density at radius 1 is 1.40 bits per heavy atom. The molecule has 1 nitrogen and oxygen atoms in total. The Balaban J connectivity index is 2.00. The lowest BCUT2D eigenvalue weighted by Crippen LogP contribution is -2.22. The van der Waals surface area contributed by atoms with Crippen LogP contribution < -0.4 is 5.32 Å². The lowest BCUT2D eigenvalue weighted by Gasteiger charge is -2.10. The van der Waals surface area contributed by atoms with Gasteiger partial charge in [0.05, 0.1) is 0 Å². The molecule has 0 heterocycles. The van der Waals surface area contributed by atoms with Crippen LogP contribution in [0.5, 0.6) is 0 Å². The van der Waals surface area contributed by atoms with Gasteiger partial charge in [0.2, 0.25) is 0 Å². The Bertz CT molecular complexity index is 354. The first-order valence-corrected chi connectivity index (χ1v) is 5.76. The number of rotatable bonds is 4. The fraction of sp³-hybridized carbons (Fsp3) is 0.429. The molecule has 1 aliphatic carbocycles. The van der Waals surface area contributed by atoms with E-state index in [1.807, 2.05) is 6.08 Å². The van der Waals surface area contributed by atoms with Crippen LogP contribution in [0.2, 0.25) is 0 Å². The molecule has 1 aromatic rings. The van der Waals surface area contributed by atoms with Crippen LogP contribution in [0.3, 0.4) is 0 Å². The predicted octanol–water partition coefficient (Wildman–Crippen LogP) is 2.84. The first kappa shape index (κ1) is 10.4. The van der Waals surface area contributed by atoms with Crippen molar-refractivity contribution in [1.29, 1.82) is 0 Å². The highest BCUT2D eigenvalue weighted by Gasteiger charge is 2.10. The third-order valence-corrected chi connectivity index (χ3v) is 3.14. The summed E-state index contributed by atoms with van der Waals surface area (Å²) in [6.07, 6.45) is 5.80. The number of benzene rings is 1. The Morgan fingerprint density at radius 2 is 2.20 bits per heavy atom. The van der Waals surface area contributed by atoms with Crippen molar-refractivity contribution >= 4 is 0 Å². The molecule has 0 fully saturated rings. The first-order valence-electron chi connectivity index (χ1n) is 5.76. The van der Waals surface area contributed by atoms with Crippen molar-refractivity contribution in [2.24, 2.45) is 0 Å². The van der Waals surface area contributed by atoms with Crippen molar-refractivity contribution in [1.82, 2.24) is 5.32 Å². The van der Waals surface area contributed by atoms with Gasteiger partial charge in [-0.1, -0.05) is 24.3 Å². The molecule has 0 spiro atoms. The van der Waals surface area contributed by atoms with Crippen molar-refractivity contribution in [3.63, 3.8) is 0 Å². The van der Waals surface area contributed by atoms with E-state index in [0.717, 1.165) is 6.54 Å². The SMILES string of the molecule is C=CC(C)NCc1ccc2c(c1)CCC2. The topological polar surface area (TPSA) is 12.0 Å². The average molecular weight is 201 g/mol. The van der Waals surface area contributed by atoms with Gasteiger partial charge in [-0.05, 0) is 42.9 Å². The van der Waals surface area contributed by atoms with E-state index in [1.54, 1.807) is 11.1 Å². The van der Waals surface area contributed by atoms with Crippen molar-refractivity contribution < 1.29 is 0 Å². The maximum atomic E-state index is 3.77. The zero-order valence-electron chi connectivity index (χ0n) is 9.42. The summed E-state index contributed by atoms with van der Waals surface area (Å²) in [5.41, 5.74) is 4.50. The minimum absolute atomic E-state index is 0.387. The maximum absolute atomic E-state index is 3.77. The van der Waals surface area contributed by atoms with Gasteiger partial charge >= 0.3 is 0 Å². The second kappa shape index (κ2) is 4.63. The molecule has 1 aromatic carbocycles. The molecule has 0 radical (unpaired) electrons.